The van der Waals surface area contributed by atoms with Crippen LogP contribution in [0.3, 0.4) is 0 Å². The first-order valence-electron chi connectivity index (χ1n) is 12.3. The highest BCUT2D eigenvalue weighted by Crippen LogP contribution is 2.42. The molecule has 0 saturated carbocycles. The molecule has 0 radical (unpaired) electrons. The molecule has 0 bridgehead atoms. The molecule has 180 valence electrons. The maximum Gasteiger partial charge on any atom is 0.123 e. The number of aliphatic hydroxyl groups is 1. The van der Waals surface area contributed by atoms with Crippen molar-refractivity contribution in [3.63, 3.8) is 0 Å². The number of nitrogens with zero attached hydrogens (tertiary/aromatic N) is 1. The third-order valence-electron chi connectivity index (χ3n) is 6.33. The summed E-state index contributed by atoms with van der Waals surface area (Å²) in [5.41, 5.74) is 7.66. The molecule has 2 aromatic carbocycles. The van der Waals surface area contributed by atoms with Gasteiger partial charge in [-0.25, -0.2) is 4.39 Å². The van der Waals surface area contributed by atoms with Crippen molar-refractivity contribution < 1.29 is 9.50 Å². The van der Waals surface area contributed by atoms with Gasteiger partial charge in [-0.3, -0.25) is 0 Å². The molecule has 0 amide bonds. The van der Waals surface area contributed by atoms with Crippen molar-refractivity contribution in [1.29, 1.82) is 0 Å². The van der Waals surface area contributed by atoms with E-state index in [0.717, 1.165) is 46.4 Å². The van der Waals surface area contributed by atoms with Crippen LogP contribution in [-0.2, 0) is 6.54 Å². The molecule has 3 rings (SSSR count). The number of rotatable bonds is 11. The second kappa shape index (κ2) is 11.5. The van der Waals surface area contributed by atoms with Crippen LogP contribution < -0.4 is 0 Å². The monoisotopic (exact) mass is 459 g/mol. The molecule has 0 saturated heterocycles. The Bertz CT molecular complexity index is 1110. The van der Waals surface area contributed by atoms with Gasteiger partial charge in [0, 0.05) is 23.4 Å². The summed E-state index contributed by atoms with van der Waals surface area (Å²) in [7, 11) is 0. The average Bonchev–Trinajstić information content (AvgIpc) is 3.12. The van der Waals surface area contributed by atoms with E-state index in [1.165, 1.54) is 17.8 Å². The lowest BCUT2D eigenvalue weighted by Gasteiger charge is -2.21. The van der Waals surface area contributed by atoms with Gasteiger partial charge < -0.3 is 9.67 Å². The van der Waals surface area contributed by atoms with Gasteiger partial charge in [0.2, 0.25) is 0 Å². The summed E-state index contributed by atoms with van der Waals surface area (Å²) in [5, 5.41) is 10.9. The Morgan fingerprint density at radius 3 is 2.24 bits per heavy atom. The van der Waals surface area contributed by atoms with Gasteiger partial charge in [-0.15, -0.1) is 6.58 Å². The van der Waals surface area contributed by atoms with Crippen molar-refractivity contribution >= 4 is 6.08 Å². The van der Waals surface area contributed by atoms with Gasteiger partial charge in [-0.05, 0) is 73.4 Å². The molecule has 2 unspecified atom stereocenters. The zero-order chi connectivity index (χ0) is 24.8. The second-order valence-electron chi connectivity index (χ2n) is 9.85. The molecule has 1 N–H and O–H groups in total. The maximum atomic E-state index is 13.8. The largest absolute Gasteiger partial charge is 0.393 e. The fraction of sp³-hybridized carbons (Fsp3) is 0.355. The minimum atomic E-state index is -0.398. The summed E-state index contributed by atoms with van der Waals surface area (Å²) in [4.78, 5) is 0. The SMILES string of the molecule is C=Cc1c(-c2ccccc2)c(-c2ccc(F)cc2)n(CCC(O)CC(C)CC(=C)C)c1C(C)C. The second-order valence-corrected chi connectivity index (χ2v) is 9.85. The smallest absolute Gasteiger partial charge is 0.123 e. The lowest BCUT2D eigenvalue weighted by molar-refractivity contribution is 0.131. The zero-order valence-corrected chi connectivity index (χ0v) is 21.0. The molecule has 0 aliphatic heterocycles. The van der Waals surface area contributed by atoms with E-state index >= 15 is 0 Å². The van der Waals surface area contributed by atoms with Crippen LogP contribution in [0, 0.1) is 11.7 Å². The number of hydrogen-bond acceptors (Lipinski definition) is 1. The summed E-state index contributed by atoms with van der Waals surface area (Å²) in [5.74, 6) is 0.393. The molecule has 3 heteroatoms. The van der Waals surface area contributed by atoms with Crippen LogP contribution in [0.15, 0.2) is 73.3 Å². The normalized spacial score (nSPS) is 13.1. The van der Waals surface area contributed by atoms with Crippen molar-refractivity contribution in [1.82, 2.24) is 4.57 Å². The molecule has 1 heterocycles. The highest BCUT2D eigenvalue weighted by atomic mass is 19.1. The van der Waals surface area contributed by atoms with E-state index in [-0.39, 0.29) is 11.7 Å². The van der Waals surface area contributed by atoms with Gasteiger partial charge in [0.25, 0.3) is 0 Å². The standard InChI is InChI=1S/C31H38FNO/c1-7-28-29(24-11-9-8-10-12-24)31(25-13-15-26(32)16-14-25)33(30(28)22(4)5)18-17-27(34)20-23(6)19-21(2)3/h7-16,22-23,27,34H,1-2,17-20H2,3-6H3. The van der Waals surface area contributed by atoms with Crippen molar-refractivity contribution in [2.75, 3.05) is 0 Å². The van der Waals surface area contributed by atoms with Crippen LogP contribution in [0.4, 0.5) is 4.39 Å². The maximum absolute atomic E-state index is 13.8. The first-order valence-corrected chi connectivity index (χ1v) is 12.3. The molecule has 34 heavy (non-hydrogen) atoms. The molecular formula is C31H38FNO. The van der Waals surface area contributed by atoms with Crippen LogP contribution >= 0.6 is 0 Å². The van der Waals surface area contributed by atoms with E-state index < -0.39 is 6.10 Å². The molecule has 0 aliphatic carbocycles. The molecular weight excluding hydrogens is 421 g/mol. The van der Waals surface area contributed by atoms with Crippen LogP contribution in [-0.4, -0.2) is 15.8 Å². The Morgan fingerprint density at radius 1 is 1.03 bits per heavy atom. The van der Waals surface area contributed by atoms with Gasteiger partial charge in [-0.2, -0.15) is 0 Å². The Labute approximate surface area is 204 Å². The average molecular weight is 460 g/mol. The number of benzene rings is 2. The quantitative estimate of drug-likeness (QED) is 0.286. The Kier molecular flexibility index (Phi) is 8.68. The van der Waals surface area contributed by atoms with E-state index in [0.29, 0.717) is 18.9 Å². The van der Waals surface area contributed by atoms with Crippen molar-refractivity contribution in [3.05, 3.63) is 90.4 Å². The lowest BCUT2D eigenvalue weighted by atomic mass is 9.95. The molecule has 1 aromatic heterocycles. The third kappa shape index (κ3) is 5.95. The minimum Gasteiger partial charge on any atom is -0.393 e. The molecule has 0 aliphatic rings. The van der Waals surface area contributed by atoms with Gasteiger partial charge >= 0.3 is 0 Å². The van der Waals surface area contributed by atoms with Gasteiger partial charge in [0.1, 0.15) is 5.82 Å². The van der Waals surface area contributed by atoms with E-state index in [4.69, 9.17) is 0 Å². The molecule has 3 aromatic rings. The zero-order valence-electron chi connectivity index (χ0n) is 21.0. The summed E-state index contributed by atoms with van der Waals surface area (Å²) in [6.07, 6.45) is 3.86. The first-order chi connectivity index (χ1) is 16.2. The molecule has 0 fully saturated rings. The van der Waals surface area contributed by atoms with Crippen molar-refractivity contribution in [2.45, 2.75) is 65.5 Å². The Hall–Kier alpha value is -2.91. The third-order valence-corrected chi connectivity index (χ3v) is 6.33. The van der Waals surface area contributed by atoms with E-state index in [1.54, 1.807) is 0 Å². The van der Waals surface area contributed by atoms with Crippen LogP contribution in [0.5, 0.6) is 0 Å². The van der Waals surface area contributed by atoms with Gasteiger partial charge in [-0.1, -0.05) is 69.3 Å². The van der Waals surface area contributed by atoms with Crippen LogP contribution in [0.25, 0.3) is 28.5 Å². The number of aromatic nitrogens is 1. The number of halogens is 1. The Morgan fingerprint density at radius 2 is 1.68 bits per heavy atom. The summed E-state index contributed by atoms with van der Waals surface area (Å²) in [6.45, 7) is 17.4. The van der Waals surface area contributed by atoms with Gasteiger partial charge in [0.05, 0.1) is 11.8 Å². The number of hydrogen-bond donors (Lipinski definition) is 1. The highest BCUT2D eigenvalue weighted by molar-refractivity contribution is 5.90. The lowest BCUT2D eigenvalue weighted by Crippen LogP contribution is -2.17. The highest BCUT2D eigenvalue weighted by Gasteiger charge is 2.25. The van der Waals surface area contributed by atoms with E-state index in [1.807, 2.05) is 43.3 Å². The minimum absolute atomic E-state index is 0.252. The first kappa shape index (κ1) is 25.7. The van der Waals surface area contributed by atoms with Crippen LogP contribution in [0.2, 0.25) is 0 Å². The predicted molar refractivity (Wildman–Crippen MR) is 143 cm³/mol. The number of aliphatic hydroxyl groups excluding tert-OH is 1. The van der Waals surface area contributed by atoms with Crippen molar-refractivity contribution in [3.8, 4) is 22.4 Å². The predicted octanol–water partition coefficient (Wildman–Crippen LogP) is 8.47. The number of allylic oxidation sites excluding steroid dienone is 1. The Balaban J connectivity index is 2.11. The van der Waals surface area contributed by atoms with Crippen LogP contribution in [0.1, 0.15) is 64.1 Å². The topological polar surface area (TPSA) is 25.2 Å². The molecule has 2 nitrogen and oxygen atoms in total. The summed E-state index contributed by atoms with van der Waals surface area (Å²) < 4.78 is 16.1. The summed E-state index contributed by atoms with van der Waals surface area (Å²) in [6, 6.07) is 17.0. The van der Waals surface area contributed by atoms with Gasteiger partial charge in [0.15, 0.2) is 0 Å². The van der Waals surface area contributed by atoms with E-state index in [9.17, 15) is 9.50 Å². The molecule has 2 atom stereocenters. The fourth-order valence-corrected chi connectivity index (χ4v) is 5.06. The van der Waals surface area contributed by atoms with E-state index in [2.05, 4.69) is 50.6 Å². The fourth-order valence-electron chi connectivity index (χ4n) is 5.06. The molecule has 0 spiro atoms. The van der Waals surface area contributed by atoms with Crippen molar-refractivity contribution in [2.24, 2.45) is 5.92 Å². The summed E-state index contributed by atoms with van der Waals surface area (Å²) >= 11 is 0.